The fourth-order valence-electron chi connectivity index (χ4n) is 2.31. The zero-order valence-electron chi connectivity index (χ0n) is 14.4. The summed E-state index contributed by atoms with van der Waals surface area (Å²) in [6, 6.07) is 19.8. The fraction of sp³-hybridized carbons (Fsp3) is 0.100. The number of anilines is 4. The number of nitrogens with two attached hydrogens (primary N) is 1. The van der Waals surface area contributed by atoms with Crippen LogP contribution in [0.1, 0.15) is 5.56 Å². The fourth-order valence-corrected chi connectivity index (χ4v) is 2.31. The van der Waals surface area contributed by atoms with E-state index >= 15 is 0 Å². The Kier molecular flexibility index (Phi) is 4.95. The van der Waals surface area contributed by atoms with Crippen LogP contribution in [-0.4, -0.2) is 13.3 Å². The van der Waals surface area contributed by atoms with Gasteiger partial charge in [-0.3, -0.25) is 5.01 Å². The molecule has 0 aliphatic heterocycles. The molecule has 0 saturated heterocycles. The Hall–Kier alpha value is -3.34. The van der Waals surface area contributed by atoms with Crippen molar-refractivity contribution in [1.82, 2.24) is 0 Å². The molecule has 0 saturated carbocycles. The molecule has 0 aliphatic rings. The zero-order chi connectivity index (χ0) is 17.6. The van der Waals surface area contributed by atoms with Crippen molar-refractivity contribution in [2.75, 3.05) is 23.1 Å². The van der Waals surface area contributed by atoms with Crippen molar-refractivity contribution in [3.8, 4) is 0 Å². The number of rotatable bonds is 5. The van der Waals surface area contributed by atoms with Gasteiger partial charge in [0.05, 0.1) is 11.9 Å². The number of benzene rings is 2. The minimum absolute atomic E-state index is 0.757. The molecule has 0 unspecified atom stereocenters. The van der Waals surface area contributed by atoms with Crippen molar-refractivity contribution in [2.24, 2.45) is 12.1 Å². The topological polar surface area (TPSA) is 57.5 Å². The van der Waals surface area contributed by atoms with E-state index in [0.29, 0.717) is 0 Å². The first kappa shape index (κ1) is 16.5. The summed E-state index contributed by atoms with van der Waals surface area (Å²) in [4.78, 5) is 0. The highest BCUT2D eigenvalue weighted by molar-refractivity contribution is 5.80. The van der Waals surface area contributed by atoms with Crippen LogP contribution in [-0.2, 0) is 7.05 Å². The third-order valence-corrected chi connectivity index (χ3v) is 3.82. The van der Waals surface area contributed by atoms with Crippen molar-refractivity contribution in [1.29, 1.82) is 0 Å². The van der Waals surface area contributed by atoms with Crippen molar-refractivity contribution in [3.05, 3.63) is 78.6 Å². The van der Waals surface area contributed by atoms with E-state index in [2.05, 4.69) is 10.4 Å². The van der Waals surface area contributed by atoms with Gasteiger partial charge in [-0.15, -0.1) is 0 Å². The monoisotopic (exact) mass is 332 g/mol. The van der Waals surface area contributed by atoms with Crippen molar-refractivity contribution in [2.45, 2.75) is 0 Å². The summed E-state index contributed by atoms with van der Waals surface area (Å²) >= 11 is 0. The molecular formula is C20H22N5+. The summed E-state index contributed by atoms with van der Waals surface area (Å²) in [5.74, 6) is 0. The van der Waals surface area contributed by atoms with Gasteiger partial charge in [0.15, 0.2) is 12.4 Å². The molecule has 5 nitrogen and oxygen atoms in total. The molecule has 0 spiro atoms. The molecular weight excluding hydrogens is 310 g/mol. The minimum atomic E-state index is 0.757. The first-order chi connectivity index (χ1) is 12.1. The van der Waals surface area contributed by atoms with Crippen LogP contribution in [0.2, 0.25) is 0 Å². The van der Waals surface area contributed by atoms with Crippen LogP contribution in [0.3, 0.4) is 0 Å². The standard InChI is InChI=1S/C20H21N5/c1-24-13-11-16(12-14-24)15-22-25(2)20-9-7-19(8-10-20)23-18-5-3-17(21)4-6-18/h3-15,21-22H,1-2H3/p+1. The number of aromatic nitrogens is 1. The number of nitrogen functional groups attached to an aromatic ring is 1. The molecule has 0 radical (unpaired) electrons. The third-order valence-electron chi connectivity index (χ3n) is 3.82. The van der Waals surface area contributed by atoms with E-state index in [4.69, 9.17) is 5.73 Å². The lowest BCUT2D eigenvalue weighted by atomic mass is 10.2. The molecule has 0 aliphatic carbocycles. The van der Waals surface area contributed by atoms with Crippen LogP contribution >= 0.6 is 0 Å². The molecule has 2 aromatic carbocycles. The lowest BCUT2D eigenvalue weighted by Gasteiger charge is -2.14. The van der Waals surface area contributed by atoms with Gasteiger partial charge in [0, 0.05) is 41.8 Å². The normalized spacial score (nSPS) is 10.8. The first-order valence-corrected chi connectivity index (χ1v) is 8.06. The highest BCUT2D eigenvalue weighted by Gasteiger charge is 2.00. The molecule has 0 atom stereocenters. The Balaban J connectivity index is 1.64. The van der Waals surface area contributed by atoms with Gasteiger partial charge in [-0.25, -0.2) is 4.57 Å². The van der Waals surface area contributed by atoms with Gasteiger partial charge >= 0.3 is 0 Å². The summed E-state index contributed by atoms with van der Waals surface area (Å²) in [5.41, 5.74) is 10.6. The maximum absolute atomic E-state index is 5.70. The molecule has 1 heterocycles. The Morgan fingerprint density at radius 1 is 0.920 bits per heavy atom. The quantitative estimate of drug-likeness (QED) is 0.326. The van der Waals surface area contributed by atoms with Crippen LogP contribution in [0.4, 0.5) is 22.7 Å². The minimum Gasteiger partial charge on any atom is -0.399 e. The first-order valence-electron chi connectivity index (χ1n) is 8.06. The molecule has 3 aromatic rings. The molecule has 1 aromatic heterocycles. The Bertz CT molecular complexity index is 837. The van der Waals surface area contributed by atoms with E-state index in [9.17, 15) is 0 Å². The van der Waals surface area contributed by atoms with Gasteiger partial charge in [0.25, 0.3) is 0 Å². The lowest BCUT2D eigenvalue weighted by Crippen LogP contribution is -2.25. The highest BCUT2D eigenvalue weighted by atomic mass is 15.4. The molecule has 126 valence electrons. The number of hydrogen-bond donors (Lipinski definition) is 2. The summed E-state index contributed by atoms with van der Waals surface area (Å²) < 4.78 is 1.99. The predicted molar refractivity (Wildman–Crippen MR) is 104 cm³/mol. The predicted octanol–water partition coefficient (Wildman–Crippen LogP) is 3.31. The SMILES string of the molecule is CN(N=Cc1cc[n+](C)cc1)c1ccc(Nc2ccc(N)cc2)cc1. The van der Waals surface area contributed by atoms with E-state index in [1.807, 2.05) is 103 Å². The zero-order valence-corrected chi connectivity index (χ0v) is 14.4. The van der Waals surface area contributed by atoms with Crippen LogP contribution in [0, 0.1) is 0 Å². The molecule has 0 fully saturated rings. The number of nitrogens with one attached hydrogen (secondary N) is 1. The van der Waals surface area contributed by atoms with Gasteiger partial charge in [0.1, 0.15) is 7.05 Å². The van der Waals surface area contributed by atoms with Crippen LogP contribution < -0.4 is 20.6 Å². The molecule has 3 rings (SSSR count). The van der Waals surface area contributed by atoms with Gasteiger partial charge in [-0.1, -0.05) is 0 Å². The van der Waals surface area contributed by atoms with E-state index in [1.54, 1.807) is 0 Å². The van der Waals surface area contributed by atoms with Gasteiger partial charge in [-0.2, -0.15) is 5.10 Å². The highest BCUT2D eigenvalue weighted by Crippen LogP contribution is 2.21. The summed E-state index contributed by atoms with van der Waals surface area (Å²) in [6.45, 7) is 0. The molecule has 0 bridgehead atoms. The number of hydrogen-bond acceptors (Lipinski definition) is 4. The second kappa shape index (κ2) is 7.49. The van der Waals surface area contributed by atoms with E-state index in [1.165, 1.54) is 0 Å². The molecule has 25 heavy (non-hydrogen) atoms. The average Bonchev–Trinajstić information content (AvgIpc) is 2.63. The Morgan fingerprint density at radius 3 is 2.08 bits per heavy atom. The maximum atomic E-state index is 5.70. The number of aryl methyl sites for hydroxylation is 1. The van der Waals surface area contributed by atoms with Crippen LogP contribution in [0.25, 0.3) is 0 Å². The second-order valence-corrected chi connectivity index (χ2v) is 5.86. The summed E-state index contributed by atoms with van der Waals surface area (Å²) in [5, 5.41) is 9.68. The summed E-state index contributed by atoms with van der Waals surface area (Å²) in [6.07, 6.45) is 5.85. The average molecular weight is 332 g/mol. The van der Waals surface area contributed by atoms with Crippen molar-refractivity contribution < 1.29 is 4.57 Å². The maximum Gasteiger partial charge on any atom is 0.169 e. The van der Waals surface area contributed by atoms with Gasteiger partial charge in [0.2, 0.25) is 0 Å². The summed E-state index contributed by atoms with van der Waals surface area (Å²) in [7, 11) is 3.93. The second-order valence-electron chi connectivity index (χ2n) is 5.86. The Labute approximate surface area is 148 Å². The number of hydrazone groups is 1. The lowest BCUT2D eigenvalue weighted by molar-refractivity contribution is -0.671. The van der Waals surface area contributed by atoms with Crippen LogP contribution in [0.5, 0.6) is 0 Å². The Morgan fingerprint density at radius 2 is 1.48 bits per heavy atom. The largest absolute Gasteiger partial charge is 0.399 e. The molecule has 5 heteroatoms. The number of nitrogens with zero attached hydrogens (tertiary/aromatic N) is 3. The van der Waals surface area contributed by atoms with E-state index in [0.717, 1.165) is 28.3 Å². The van der Waals surface area contributed by atoms with Crippen LogP contribution in [0.15, 0.2) is 78.2 Å². The van der Waals surface area contributed by atoms with Crippen molar-refractivity contribution in [3.63, 3.8) is 0 Å². The van der Waals surface area contributed by atoms with E-state index in [-0.39, 0.29) is 0 Å². The van der Waals surface area contributed by atoms with Gasteiger partial charge < -0.3 is 11.1 Å². The molecule has 0 amide bonds. The van der Waals surface area contributed by atoms with Crippen molar-refractivity contribution >= 4 is 29.0 Å². The van der Waals surface area contributed by atoms with Gasteiger partial charge in [-0.05, 0) is 48.5 Å². The smallest absolute Gasteiger partial charge is 0.169 e. The van der Waals surface area contributed by atoms with E-state index < -0.39 is 0 Å². The third kappa shape index (κ3) is 4.57. The number of pyridine rings is 1. The molecule has 3 N–H and O–H groups in total.